The number of hydrogen-bond donors (Lipinski definition) is 2. The number of carbonyl (C=O) groups excluding carboxylic acids is 1. The largest absolute Gasteiger partial charge is 0.398 e. The molecule has 2 aromatic rings. The van der Waals surface area contributed by atoms with Gasteiger partial charge in [-0.2, -0.15) is 0 Å². The molecule has 0 saturated heterocycles. The van der Waals surface area contributed by atoms with Crippen LogP contribution in [0, 0.1) is 12.7 Å². The SMILES string of the molecule is CC(=O)c1ccc(Nc2ccc(F)cc2C)cc1N. The van der Waals surface area contributed by atoms with Gasteiger partial charge in [0, 0.05) is 22.6 Å². The summed E-state index contributed by atoms with van der Waals surface area (Å²) >= 11 is 0. The Labute approximate surface area is 111 Å². The molecule has 19 heavy (non-hydrogen) atoms. The number of anilines is 3. The molecule has 3 nitrogen and oxygen atoms in total. The van der Waals surface area contributed by atoms with Gasteiger partial charge in [-0.1, -0.05) is 0 Å². The van der Waals surface area contributed by atoms with Crippen molar-refractivity contribution in [2.45, 2.75) is 13.8 Å². The number of halogens is 1. The standard InChI is InChI=1S/C15H15FN2O/c1-9-7-11(16)3-6-15(9)18-12-4-5-13(10(2)19)14(17)8-12/h3-8,18H,17H2,1-2H3. The summed E-state index contributed by atoms with van der Waals surface area (Å²) in [6.07, 6.45) is 0. The van der Waals surface area contributed by atoms with Gasteiger partial charge in [0.1, 0.15) is 5.82 Å². The van der Waals surface area contributed by atoms with E-state index in [1.165, 1.54) is 19.1 Å². The smallest absolute Gasteiger partial charge is 0.161 e. The highest BCUT2D eigenvalue weighted by Crippen LogP contribution is 2.24. The van der Waals surface area contributed by atoms with Gasteiger partial charge in [0.25, 0.3) is 0 Å². The van der Waals surface area contributed by atoms with E-state index in [0.29, 0.717) is 11.3 Å². The molecule has 0 aliphatic rings. The number of ketones is 1. The number of hydrogen-bond acceptors (Lipinski definition) is 3. The Hall–Kier alpha value is -2.36. The Morgan fingerprint density at radius 1 is 1.21 bits per heavy atom. The van der Waals surface area contributed by atoms with Gasteiger partial charge in [-0.05, 0) is 55.8 Å². The third-order valence-electron chi connectivity index (χ3n) is 2.90. The fourth-order valence-electron chi connectivity index (χ4n) is 1.88. The van der Waals surface area contributed by atoms with Gasteiger partial charge in [0.15, 0.2) is 5.78 Å². The van der Waals surface area contributed by atoms with Gasteiger partial charge in [0.05, 0.1) is 0 Å². The summed E-state index contributed by atoms with van der Waals surface area (Å²) < 4.78 is 13.0. The number of carbonyl (C=O) groups is 1. The number of aryl methyl sites for hydroxylation is 1. The van der Waals surface area contributed by atoms with Gasteiger partial charge in [-0.3, -0.25) is 4.79 Å². The van der Waals surface area contributed by atoms with Crippen LogP contribution in [-0.2, 0) is 0 Å². The van der Waals surface area contributed by atoms with E-state index in [0.717, 1.165) is 16.9 Å². The normalized spacial score (nSPS) is 10.3. The first-order valence-corrected chi connectivity index (χ1v) is 5.91. The van der Waals surface area contributed by atoms with Crippen LogP contribution >= 0.6 is 0 Å². The zero-order valence-electron chi connectivity index (χ0n) is 10.8. The van der Waals surface area contributed by atoms with Crippen molar-refractivity contribution in [1.82, 2.24) is 0 Å². The molecule has 98 valence electrons. The number of nitrogens with two attached hydrogens (primary N) is 1. The highest BCUT2D eigenvalue weighted by molar-refractivity contribution is 5.99. The van der Waals surface area contributed by atoms with Gasteiger partial charge < -0.3 is 11.1 Å². The Bertz CT molecular complexity index is 638. The van der Waals surface area contributed by atoms with Crippen LogP contribution in [0.25, 0.3) is 0 Å². The van der Waals surface area contributed by atoms with E-state index in [-0.39, 0.29) is 11.6 Å². The Balaban J connectivity index is 2.29. The van der Waals surface area contributed by atoms with Crippen LogP contribution in [0.2, 0.25) is 0 Å². The summed E-state index contributed by atoms with van der Waals surface area (Å²) in [7, 11) is 0. The van der Waals surface area contributed by atoms with Crippen LogP contribution in [0.3, 0.4) is 0 Å². The van der Waals surface area contributed by atoms with Gasteiger partial charge in [-0.25, -0.2) is 4.39 Å². The monoisotopic (exact) mass is 258 g/mol. The molecule has 0 atom stereocenters. The molecule has 2 aromatic carbocycles. The van der Waals surface area contributed by atoms with Gasteiger partial charge >= 0.3 is 0 Å². The van der Waals surface area contributed by atoms with Crippen LogP contribution < -0.4 is 11.1 Å². The third-order valence-corrected chi connectivity index (χ3v) is 2.90. The second kappa shape index (κ2) is 5.10. The fraction of sp³-hybridized carbons (Fsp3) is 0.133. The lowest BCUT2D eigenvalue weighted by atomic mass is 10.1. The minimum atomic E-state index is -0.269. The molecule has 0 aliphatic heterocycles. The fourth-order valence-corrected chi connectivity index (χ4v) is 1.88. The molecule has 4 heteroatoms. The van der Waals surface area contributed by atoms with Crippen molar-refractivity contribution in [2.24, 2.45) is 0 Å². The first-order chi connectivity index (χ1) is 8.97. The molecule has 0 aromatic heterocycles. The van der Waals surface area contributed by atoms with E-state index in [9.17, 15) is 9.18 Å². The molecular formula is C15H15FN2O. The lowest BCUT2D eigenvalue weighted by Crippen LogP contribution is -2.01. The summed E-state index contributed by atoms with van der Waals surface area (Å²) in [5, 5.41) is 3.15. The average molecular weight is 258 g/mol. The van der Waals surface area contributed by atoms with Crippen LogP contribution in [0.1, 0.15) is 22.8 Å². The van der Waals surface area contributed by atoms with Gasteiger partial charge in [-0.15, -0.1) is 0 Å². The second-order valence-electron chi connectivity index (χ2n) is 4.44. The van der Waals surface area contributed by atoms with E-state index < -0.39 is 0 Å². The number of benzene rings is 2. The van der Waals surface area contributed by atoms with Crippen LogP contribution in [0.5, 0.6) is 0 Å². The van der Waals surface area contributed by atoms with Crippen molar-refractivity contribution >= 4 is 22.8 Å². The maximum absolute atomic E-state index is 13.0. The first-order valence-electron chi connectivity index (χ1n) is 5.91. The molecule has 3 N–H and O–H groups in total. The van der Waals surface area contributed by atoms with E-state index >= 15 is 0 Å². The van der Waals surface area contributed by atoms with Crippen molar-refractivity contribution in [3.05, 3.63) is 53.3 Å². The molecule has 0 spiro atoms. The lowest BCUT2D eigenvalue weighted by molar-refractivity contribution is 0.101. The minimum Gasteiger partial charge on any atom is -0.398 e. The Morgan fingerprint density at radius 3 is 2.53 bits per heavy atom. The quantitative estimate of drug-likeness (QED) is 0.652. The molecule has 0 saturated carbocycles. The summed E-state index contributed by atoms with van der Waals surface area (Å²) in [6, 6.07) is 9.66. The molecule has 0 bridgehead atoms. The summed E-state index contributed by atoms with van der Waals surface area (Å²) in [5.41, 5.74) is 9.11. The predicted molar refractivity (Wildman–Crippen MR) is 75.3 cm³/mol. The zero-order chi connectivity index (χ0) is 14.0. The second-order valence-corrected chi connectivity index (χ2v) is 4.44. The first kappa shape index (κ1) is 13.1. The molecule has 2 rings (SSSR count). The summed E-state index contributed by atoms with van der Waals surface area (Å²) in [6.45, 7) is 3.29. The maximum Gasteiger partial charge on any atom is 0.161 e. The Morgan fingerprint density at radius 2 is 1.95 bits per heavy atom. The van der Waals surface area contributed by atoms with Crippen LogP contribution in [0.4, 0.5) is 21.5 Å². The van der Waals surface area contributed by atoms with Crippen molar-refractivity contribution in [1.29, 1.82) is 0 Å². The van der Waals surface area contributed by atoms with E-state index in [1.807, 2.05) is 6.92 Å². The maximum atomic E-state index is 13.0. The lowest BCUT2D eigenvalue weighted by Gasteiger charge is -2.11. The van der Waals surface area contributed by atoms with Crippen molar-refractivity contribution in [3.8, 4) is 0 Å². The molecule has 0 fully saturated rings. The molecular weight excluding hydrogens is 243 g/mol. The van der Waals surface area contributed by atoms with E-state index in [1.54, 1.807) is 24.3 Å². The summed E-state index contributed by atoms with van der Waals surface area (Å²) in [4.78, 5) is 11.3. The van der Waals surface area contributed by atoms with Crippen LogP contribution in [0.15, 0.2) is 36.4 Å². The number of nitrogens with one attached hydrogen (secondary N) is 1. The average Bonchev–Trinajstić information content (AvgIpc) is 2.32. The third kappa shape index (κ3) is 2.91. The molecule has 0 heterocycles. The van der Waals surface area contributed by atoms with Crippen molar-refractivity contribution < 1.29 is 9.18 Å². The zero-order valence-corrected chi connectivity index (χ0v) is 10.8. The van der Waals surface area contributed by atoms with Crippen LogP contribution in [-0.4, -0.2) is 5.78 Å². The molecule has 0 unspecified atom stereocenters. The highest BCUT2D eigenvalue weighted by atomic mass is 19.1. The minimum absolute atomic E-state index is 0.0676. The Kier molecular flexibility index (Phi) is 3.51. The topological polar surface area (TPSA) is 55.1 Å². The van der Waals surface area contributed by atoms with Crippen molar-refractivity contribution in [3.63, 3.8) is 0 Å². The number of rotatable bonds is 3. The molecule has 0 aliphatic carbocycles. The van der Waals surface area contributed by atoms with E-state index in [2.05, 4.69) is 5.32 Å². The van der Waals surface area contributed by atoms with Gasteiger partial charge in [0.2, 0.25) is 0 Å². The highest BCUT2D eigenvalue weighted by Gasteiger charge is 2.06. The number of nitrogen functional groups attached to an aromatic ring is 1. The summed E-state index contributed by atoms with van der Waals surface area (Å²) in [5.74, 6) is -0.337. The van der Waals surface area contributed by atoms with Crippen molar-refractivity contribution in [2.75, 3.05) is 11.1 Å². The molecule has 0 amide bonds. The molecule has 0 radical (unpaired) electrons. The van der Waals surface area contributed by atoms with E-state index in [4.69, 9.17) is 5.73 Å². The predicted octanol–water partition coefficient (Wildman–Crippen LogP) is 3.66. The number of Topliss-reactive ketones (excluding diaryl/α,β-unsaturated/α-hetero) is 1.